The SMILES string of the molecule is CCCCCCCOc1ccc(-c2cnc(-c3ccc(C[C@H](NC(=O)c4ccc(C(C)(C)C)cc4)C(=O)N4CC(N(C)C)C[C@H]4C(=O)O)cc3)nc2)cc1. The zero-order valence-electron chi connectivity index (χ0n) is 32.5. The van der Waals surface area contributed by atoms with Crippen LogP contribution < -0.4 is 10.1 Å². The van der Waals surface area contributed by atoms with Gasteiger partial charge in [-0.05, 0) is 73.3 Å². The zero-order chi connectivity index (χ0) is 38.8. The van der Waals surface area contributed by atoms with Crippen LogP contribution >= 0.6 is 0 Å². The lowest BCUT2D eigenvalue weighted by Gasteiger charge is -2.28. The van der Waals surface area contributed by atoms with Crippen LogP contribution in [0.15, 0.2) is 85.2 Å². The molecule has 0 bridgehead atoms. The number of aliphatic carboxylic acids is 1. The Hall–Kier alpha value is -5.09. The minimum Gasteiger partial charge on any atom is -0.494 e. The molecule has 0 saturated carbocycles. The Kier molecular flexibility index (Phi) is 13.6. The average molecular weight is 734 g/mol. The number of ether oxygens (including phenoxy) is 1. The summed E-state index contributed by atoms with van der Waals surface area (Å²) < 4.78 is 5.91. The van der Waals surface area contributed by atoms with Gasteiger partial charge in [-0.3, -0.25) is 9.59 Å². The van der Waals surface area contributed by atoms with Gasteiger partial charge in [0.25, 0.3) is 5.91 Å². The van der Waals surface area contributed by atoms with Crippen LogP contribution in [0.4, 0.5) is 0 Å². The highest BCUT2D eigenvalue weighted by molar-refractivity contribution is 5.98. The van der Waals surface area contributed by atoms with Crippen LogP contribution in [0.25, 0.3) is 22.5 Å². The summed E-state index contributed by atoms with van der Waals surface area (Å²) in [5.74, 6) is -0.458. The molecule has 0 radical (unpaired) electrons. The molecule has 10 heteroatoms. The monoisotopic (exact) mass is 733 g/mol. The Morgan fingerprint density at radius 2 is 1.50 bits per heavy atom. The maximum Gasteiger partial charge on any atom is 0.326 e. The molecule has 4 aromatic rings. The Balaban J connectivity index is 1.28. The zero-order valence-corrected chi connectivity index (χ0v) is 32.5. The van der Waals surface area contributed by atoms with Crippen LogP contribution in [0.1, 0.15) is 87.7 Å². The summed E-state index contributed by atoms with van der Waals surface area (Å²) in [6.45, 7) is 9.51. The number of unbranched alkanes of at least 4 members (excludes halogenated alkanes) is 4. The fourth-order valence-electron chi connectivity index (χ4n) is 6.72. The molecule has 54 heavy (non-hydrogen) atoms. The smallest absolute Gasteiger partial charge is 0.326 e. The van der Waals surface area contributed by atoms with Gasteiger partial charge in [-0.2, -0.15) is 0 Å². The summed E-state index contributed by atoms with van der Waals surface area (Å²) in [5, 5.41) is 13.0. The van der Waals surface area contributed by atoms with E-state index >= 15 is 0 Å². The number of likely N-dealkylation sites (tertiary alicyclic amines) is 1. The number of benzene rings is 3. The predicted octanol–water partition coefficient (Wildman–Crippen LogP) is 7.41. The van der Waals surface area contributed by atoms with Gasteiger partial charge in [0.05, 0.1) is 6.61 Å². The van der Waals surface area contributed by atoms with Gasteiger partial charge in [-0.1, -0.05) is 102 Å². The molecular formula is C44H55N5O5. The quantitative estimate of drug-likeness (QED) is 0.114. The fraction of sp³-hybridized carbons (Fsp3) is 0.432. The normalized spacial score (nSPS) is 16.3. The minimum absolute atomic E-state index is 0.0773. The number of carbonyl (C=O) groups is 3. The molecule has 1 fully saturated rings. The number of hydrogen-bond donors (Lipinski definition) is 2. The van der Waals surface area contributed by atoms with Gasteiger partial charge < -0.3 is 25.0 Å². The lowest BCUT2D eigenvalue weighted by Crippen LogP contribution is -2.53. The lowest BCUT2D eigenvalue weighted by molar-refractivity contribution is -0.148. The second kappa shape index (κ2) is 18.3. The highest BCUT2D eigenvalue weighted by atomic mass is 16.5. The summed E-state index contributed by atoms with van der Waals surface area (Å²) in [7, 11) is 3.75. The van der Waals surface area contributed by atoms with Crippen LogP contribution in [0.2, 0.25) is 0 Å². The largest absolute Gasteiger partial charge is 0.494 e. The first kappa shape index (κ1) is 40.1. The van der Waals surface area contributed by atoms with Crippen LogP contribution in [0, 0.1) is 0 Å². The minimum atomic E-state index is -1.06. The van der Waals surface area contributed by atoms with Crippen molar-refractivity contribution in [3.8, 4) is 28.3 Å². The number of carbonyl (C=O) groups excluding carboxylic acids is 2. The van der Waals surface area contributed by atoms with E-state index in [0.29, 0.717) is 17.8 Å². The van der Waals surface area contributed by atoms with Crippen molar-refractivity contribution in [1.29, 1.82) is 0 Å². The number of carboxylic acids is 1. The van der Waals surface area contributed by atoms with E-state index in [0.717, 1.165) is 46.6 Å². The van der Waals surface area contributed by atoms with Crippen LogP contribution in [0.5, 0.6) is 5.75 Å². The molecule has 2 amide bonds. The van der Waals surface area contributed by atoms with Gasteiger partial charge in [0.1, 0.15) is 17.8 Å². The highest BCUT2D eigenvalue weighted by Crippen LogP contribution is 2.26. The van der Waals surface area contributed by atoms with E-state index in [1.165, 1.54) is 30.6 Å². The van der Waals surface area contributed by atoms with Gasteiger partial charge in [0.2, 0.25) is 5.91 Å². The van der Waals surface area contributed by atoms with E-state index in [2.05, 4.69) is 43.0 Å². The van der Waals surface area contributed by atoms with Gasteiger partial charge in [-0.25, -0.2) is 14.8 Å². The molecule has 2 N–H and O–H groups in total. The third-order valence-electron chi connectivity index (χ3n) is 10.2. The Labute approximate surface area is 320 Å². The number of nitrogens with zero attached hydrogens (tertiary/aromatic N) is 4. The maximum absolute atomic E-state index is 14.1. The van der Waals surface area contributed by atoms with Crippen molar-refractivity contribution in [3.63, 3.8) is 0 Å². The molecule has 1 aromatic heterocycles. The summed E-state index contributed by atoms with van der Waals surface area (Å²) in [5.41, 5.74) is 4.93. The third kappa shape index (κ3) is 10.5. The topological polar surface area (TPSA) is 125 Å². The number of aromatic nitrogens is 2. The predicted molar refractivity (Wildman–Crippen MR) is 212 cm³/mol. The molecular weight excluding hydrogens is 679 g/mol. The summed E-state index contributed by atoms with van der Waals surface area (Å²) in [6, 6.07) is 20.8. The van der Waals surface area contributed by atoms with Gasteiger partial charge in [0.15, 0.2) is 5.82 Å². The molecule has 1 aliphatic rings. The van der Waals surface area contributed by atoms with E-state index in [9.17, 15) is 19.5 Å². The summed E-state index contributed by atoms with van der Waals surface area (Å²) in [6.07, 6.45) is 10.1. The highest BCUT2D eigenvalue weighted by Gasteiger charge is 2.42. The summed E-state index contributed by atoms with van der Waals surface area (Å²) >= 11 is 0. The Bertz CT molecular complexity index is 1840. The third-order valence-corrected chi connectivity index (χ3v) is 10.2. The summed E-state index contributed by atoms with van der Waals surface area (Å²) in [4.78, 5) is 52.5. The van der Waals surface area contributed by atoms with E-state index in [1.54, 1.807) is 24.5 Å². The van der Waals surface area contributed by atoms with Crippen molar-refractivity contribution < 1.29 is 24.2 Å². The standard InChI is InChI=1S/C44H55N5O5/c1-7-8-9-10-11-24-54-37-22-18-31(19-23-37)34-27-45-40(46-28-34)32-14-12-30(13-15-32)25-38(42(51)49-29-36(48(5)6)26-39(49)43(52)53)47-41(50)33-16-20-35(21-17-33)44(2,3)4/h12-23,27-28,36,38-39H,7-11,24-26,29H2,1-6H3,(H,47,50)(H,52,53)/t36?,38-,39-/m0/s1. The molecule has 3 aromatic carbocycles. The van der Waals surface area contributed by atoms with Crippen molar-refractivity contribution in [3.05, 3.63) is 102 Å². The molecule has 1 unspecified atom stereocenters. The molecule has 1 aliphatic heterocycles. The van der Waals surface area contributed by atoms with Crippen LogP contribution in [0.3, 0.4) is 0 Å². The molecule has 5 rings (SSSR count). The molecule has 1 saturated heterocycles. The molecule has 2 heterocycles. The van der Waals surface area contributed by atoms with Crippen molar-refractivity contribution in [1.82, 2.24) is 25.1 Å². The molecule has 0 spiro atoms. The van der Waals surface area contributed by atoms with E-state index in [1.807, 2.05) is 79.7 Å². The number of amides is 2. The Morgan fingerprint density at radius 3 is 2.09 bits per heavy atom. The van der Waals surface area contributed by atoms with Crippen molar-refractivity contribution in [2.45, 2.75) is 96.2 Å². The van der Waals surface area contributed by atoms with Crippen LogP contribution in [-0.4, -0.2) is 88.0 Å². The molecule has 3 atom stereocenters. The number of nitrogens with one attached hydrogen (secondary N) is 1. The van der Waals surface area contributed by atoms with Crippen molar-refractivity contribution in [2.24, 2.45) is 0 Å². The molecule has 0 aliphatic carbocycles. The maximum atomic E-state index is 14.1. The number of likely N-dealkylation sites (N-methyl/N-ethyl adjacent to an activating group) is 1. The average Bonchev–Trinajstić information content (AvgIpc) is 3.63. The fourth-order valence-corrected chi connectivity index (χ4v) is 6.72. The van der Waals surface area contributed by atoms with E-state index in [-0.39, 0.29) is 24.4 Å². The van der Waals surface area contributed by atoms with Gasteiger partial charge >= 0.3 is 5.97 Å². The first-order valence-electron chi connectivity index (χ1n) is 19.1. The first-order chi connectivity index (χ1) is 25.8. The van der Waals surface area contributed by atoms with Gasteiger partial charge in [-0.15, -0.1) is 0 Å². The van der Waals surface area contributed by atoms with Crippen molar-refractivity contribution >= 4 is 17.8 Å². The second-order valence-corrected chi connectivity index (χ2v) is 15.5. The second-order valence-electron chi connectivity index (χ2n) is 15.5. The number of rotatable bonds is 16. The molecule has 10 nitrogen and oxygen atoms in total. The van der Waals surface area contributed by atoms with E-state index in [4.69, 9.17) is 4.74 Å². The van der Waals surface area contributed by atoms with E-state index < -0.39 is 29.9 Å². The number of hydrogen-bond acceptors (Lipinski definition) is 7. The van der Waals surface area contributed by atoms with Gasteiger partial charge in [0, 0.05) is 48.1 Å². The van der Waals surface area contributed by atoms with Crippen molar-refractivity contribution in [2.75, 3.05) is 27.2 Å². The Morgan fingerprint density at radius 1 is 0.870 bits per heavy atom. The first-order valence-corrected chi connectivity index (χ1v) is 19.1. The molecule has 286 valence electrons. The number of carboxylic acid groups (broad SMARTS) is 1. The van der Waals surface area contributed by atoms with Crippen LogP contribution in [-0.2, 0) is 21.4 Å². The lowest BCUT2D eigenvalue weighted by atomic mass is 9.86.